The van der Waals surface area contributed by atoms with Crippen LogP contribution in [0.5, 0.6) is 11.5 Å². The number of carbonyl (C=O) groups excluding carboxylic acids is 2. The number of benzene rings is 2. The average molecular weight is 401 g/mol. The normalized spacial score (nSPS) is 15.4. The van der Waals surface area contributed by atoms with Gasteiger partial charge in [-0.15, -0.1) is 11.8 Å². The van der Waals surface area contributed by atoms with E-state index in [1.807, 2.05) is 38.1 Å². The minimum Gasteiger partial charge on any atom is -0.493 e. The van der Waals surface area contributed by atoms with E-state index in [0.717, 1.165) is 10.5 Å². The lowest BCUT2D eigenvalue weighted by molar-refractivity contribution is -0.115. The summed E-state index contributed by atoms with van der Waals surface area (Å²) >= 11 is 1.50. The zero-order valence-electron chi connectivity index (χ0n) is 16.4. The van der Waals surface area contributed by atoms with Crippen molar-refractivity contribution >= 4 is 29.3 Å². The summed E-state index contributed by atoms with van der Waals surface area (Å²) in [6.45, 7) is 4.76. The summed E-state index contributed by atoms with van der Waals surface area (Å²) in [4.78, 5) is 27.4. The first-order valence-corrected chi connectivity index (χ1v) is 9.97. The summed E-state index contributed by atoms with van der Waals surface area (Å²) in [5.74, 6) is 1.16. The number of nitrogens with one attached hydrogen (secondary N) is 1. The number of fused-ring (bicyclic) bond motifs is 1. The molecule has 2 aromatic rings. The highest BCUT2D eigenvalue weighted by molar-refractivity contribution is 8.00. The maximum atomic E-state index is 12.9. The first kappa shape index (κ1) is 20.1. The zero-order chi connectivity index (χ0) is 20.3. The molecule has 0 bridgehead atoms. The second-order valence-corrected chi connectivity index (χ2v) is 7.92. The number of nitrogens with zero attached hydrogens (tertiary/aromatic N) is 1. The van der Waals surface area contributed by atoms with Crippen LogP contribution >= 0.6 is 11.8 Å². The Bertz CT molecular complexity index is 900. The molecule has 0 spiro atoms. The van der Waals surface area contributed by atoms with E-state index in [2.05, 4.69) is 5.32 Å². The average Bonchev–Trinajstić information content (AvgIpc) is 2.69. The molecular weight excluding hydrogens is 376 g/mol. The van der Waals surface area contributed by atoms with Gasteiger partial charge in [-0.1, -0.05) is 6.07 Å². The maximum absolute atomic E-state index is 12.9. The molecule has 2 amide bonds. The molecule has 1 atom stereocenters. The van der Waals surface area contributed by atoms with Crippen LogP contribution in [0.25, 0.3) is 0 Å². The summed E-state index contributed by atoms with van der Waals surface area (Å²) in [5, 5.41) is 2.73. The van der Waals surface area contributed by atoms with E-state index in [0.29, 0.717) is 35.9 Å². The van der Waals surface area contributed by atoms with Gasteiger partial charge in [0.1, 0.15) is 0 Å². The van der Waals surface area contributed by atoms with Gasteiger partial charge in [-0.25, -0.2) is 0 Å². The van der Waals surface area contributed by atoms with Crippen LogP contribution in [0, 0.1) is 0 Å². The number of methoxy groups -OCH3 is 1. The largest absolute Gasteiger partial charge is 0.493 e. The van der Waals surface area contributed by atoms with Gasteiger partial charge < -0.3 is 19.7 Å². The number of hydrogen-bond acceptors (Lipinski definition) is 5. The Morgan fingerprint density at radius 2 is 2.00 bits per heavy atom. The highest BCUT2D eigenvalue weighted by atomic mass is 32.2. The van der Waals surface area contributed by atoms with Gasteiger partial charge in [0, 0.05) is 24.1 Å². The SMILES string of the molecule is CCOc1ccc(CN(C)C(=O)c2ccc3c(c2)NC(=O)[C@H](C)S3)cc1OC. The number of amides is 2. The van der Waals surface area contributed by atoms with Gasteiger partial charge in [-0.3, -0.25) is 9.59 Å². The van der Waals surface area contributed by atoms with Gasteiger partial charge in [0.05, 0.1) is 24.7 Å². The number of rotatable bonds is 6. The molecule has 0 saturated heterocycles. The van der Waals surface area contributed by atoms with E-state index in [-0.39, 0.29) is 17.1 Å². The fourth-order valence-electron chi connectivity index (χ4n) is 2.99. The second-order valence-electron chi connectivity index (χ2n) is 6.54. The quantitative estimate of drug-likeness (QED) is 0.799. The minimum atomic E-state index is -0.133. The summed E-state index contributed by atoms with van der Waals surface area (Å²) in [6, 6.07) is 11.1. The van der Waals surface area contributed by atoms with Gasteiger partial charge >= 0.3 is 0 Å². The van der Waals surface area contributed by atoms with Crippen LogP contribution in [0.1, 0.15) is 29.8 Å². The molecular formula is C21H24N2O4S. The van der Waals surface area contributed by atoms with Crippen LogP contribution in [0.2, 0.25) is 0 Å². The molecule has 0 aromatic heterocycles. The van der Waals surface area contributed by atoms with Gasteiger partial charge in [0.25, 0.3) is 5.91 Å². The highest BCUT2D eigenvalue weighted by Gasteiger charge is 2.24. The van der Waals surface area contributed by atoms with Crippen LogP contribution < -0.4 is 14.8 Å². The van der Waals surface area contributed by atoms with Gasteiger partial charge in [0.15, 0.2) is 11.5 Å². The summed E-state index contributed by atoms with van der Waals surface area (Å²) in [5.41, 5.74) is 2.16. The van der Waals surface area contributed by atoms with E-state index >= 15 is 0 Å². The van der Waals surface area contributed by atoms with Crippen molar-refractivity contribution in [3.63, 3.8) is 0 Å². The van der Waals surface area contributed by atoms with E-state index in [1.165, 1.54) is 11.8 Å². The third-order valence-corrected chi connectivity index (χ3v) is 5.63. The summed E-state index contributed by atoms with van der Waals surface area (Å²) in [7, 11) is 3.34. The van der Waals surface area contributed by atoms with Gasteiger partial charge in [-0.2, -0.15) is 0 Å². The molecule has 2 aromatic carbocycles. The summed E-state index contributed by atoms with van der Waals surface area (Å²) < 4.78 is 10.9. The number of hydrogen-bond donors (Lipinski definition) is 1. The fourth-order valence-corrected chi connectivity index (χ4v) is 3.92. The van der Waals surface area contributed by atoms with Crippen molar-refractivity contribution in [3.05, 3.63) is 47.5 Å². The van der Waals surface area contributed by atoms with Crippen LogP contribution in [-0.4, -0.2) is 42.7 Å². The predicted octanol–water partition coefficient (Wildman–Crippen LogP) is 3.80. The Labute approximate surface area is 169 Å². The van der Waals surface area contributed by atoms with E-state index in [1.54, 1.807) is 31.2 Å². The molecule has 0 fully saturated rings. The molecule has 0 unspecified atom stereocenters. The van der Waals surface area contributed by atoms with Crippen molar-refractivity contribution in [1.29, 1.82) is 0 Å². The van der Waals surface area contributed by atoms with Crippen molar-refractivity contribution in [2.45, 2.75) is 30.5 Å². The molecule has 148 valence electrons. The topological polar surface area (TPSA) is 67.9 Å². The molecule has 28 heavy (non-hydrogen) atoms. The Kier molecular flexibility index (Phi) is 6.14. The fraction of sp³-hybridized carbons (Fsp3) is 0.333. The van der Waals surface area contributed by atoms with E-state index in [4.69, 9.17) is 9.47 Å². The van der Waals surface area contributed by atoms with Crippen LogP contribution in [0.3, 0.4) is 0 Å². The zero-order valence-corrected chi connectivity index (χ0v) is 17.3. The maximum Gasteiger partial charge on any atom is 0.253 e. The number of anilines is 1. The monoisotopic (exact) mass is 400 g/mol. The molecule has 1 heterocycles. The summed E-state index contributed by atoms with van der Waals surface area (Å²) in [6.07, 6.45) is 0. The molecule has 6 nitrogen and oxygen atoms in total. The highest BCUT2D eigenvalue weighted by Crippen LogP contribution is 2.36. The Balaban J connectivity index is 1.75. The first-order valence-electron chi connectivity index (χ1n) is 9.09. The lowest BCUT2D eigenvalue weighted by Crippen LogP contribution is -2.28. The van der Waals surface area contributed by atoms with Gasteiger partial charge in [-0.05, 0) is 49.7 Å². The lowest BCUT2D eigenvalue weighted by Gasteiger charge is -2.23. The minimum absolute atomic E-state index is 0.0445. The smallest absolute Gasteiger partial charge is 0.253 e. The van der Waals surface area contributed by atoms with Crippen molar-refractivity contribution < 1.29 is 19.1 Å². The second kappa shape index (κ2) is 8.56. The predicted molar refractivity (Wildman–Crippen MR) is 110 cm³/mol. The standard InChI is InChI=1S/C21H24N2O4S/c1-5-27-17-8-6-14(10-18(17)26-4)12-23(3)21(25)15-7-9-19-16(11-15)22-20(24)13(2)28-19/h6-11,13H,5,12H2,1-4H3,(H,22,24)/t13-/m0/s1. The Hall–Kier alpha value is -2.67. The number of carbonyl (C=O) groups is 2. The third kappa shape index (κ3) is 4.25. The van der Waals surface area contributed by atoms with Crippen molar-refractivity contribution in [1.82, 2.24) is 4.90 Å². The van der Waals surface area contributed by atoms with Crippen LogP contribution in [-0.2, 0) is 11.3 Å². The number of thioether (sulfide) groups is 1. The molecule has 7 heteroatoms. The number of ether oxygens (including phenoxy) is 2. The lowest BCUT2D eigenvalue weighted by atomic mass is 10.1. The Morgan fingerprint density at radius 3 is 2.71 bits per heavy atom. The van der Waals surface area contributed by atoms with Crippen molar-refractivity contribution in [2.75, 3.05) is 26.1 Å². The molecule has 0 aliphatic carbocycles. The molecule has 0 saturated carbocycles. The molecule has 3 rings (SSSR count). The van der Waals surface area contributed by atoms with Crippen molar-refractivity contribution in [3.8, 4) is 11.5 Å². The molecule has 1 aliphatic heterocycles. The van der Waals surface area contributed by atoms with E-state index < -0.39 is 0 Å². The van der Waals surface area contributed by atoms with Gasteiger partial charge in [0.2, 0.25) is 5.91 Å². The van der Waals surface area contributed by atoms with E-state index in [9.17, 15) is 9.59 Å². The van der Waals surface area contributed by atoms with Crippen LogP contribution in [0.4, 0.5) is 5.69 Å². The van der Waals surface area contributed by atoms with Crippen LogP contribution in [0.15, 0.2) is 41.3 Å². The molecule has 1 N–H and O–H groups in total. The molecule has 0 radical (unpaired) electrons. The van der Waals surface area contributed by atoms with Crippen molar-refractivity contribution in [2.24, 2.45) is 0 Å². The third-order valence-electron chi connectivity index (χ3n) is 4.45. The molecule has 1 aliphatic rings. The Morgan fingerprint density at radius 1 is 1.21 bits per heavy atom. The first-order chi connectivity index (χ1) is 13.4.